The molecule has 0 aromatic heterocycles. The number of fused-ring (bicyclic) bond motifs is 1. The molecule has 8 heteroatoms. The van der Waals surface area contributed by atoms with E-state index in [1.165, 1.54) is 6.21 Å². The summed E-state index contributed by atoms with van der Waals surface area (Å²) in [5.74, 6) is -0.0547. The van der Waals surface area contributed by atoms with Gasteiger partial charge >= 0.3 is 5.97 Å². The first kappa shape index (κ1) is 16.3. The molecule has 0 atom stereocenters. The number of carbonyl (C=O) groups excluding carboxylic acids is 1. The van der Waals surface area contributed by atoms with Crippen molar-refractivity contribution in [2.45, 2.75) is 0 Å². The molecule has 1 aliphatic heterocycles. The predicted molar refractivity (Wildman–Crippen MR) is 87.2 cm³/mol. The number of hydrazone groups is 1. The van der Waals surface area contributed by atoms with Crippen LogP contribution in [0.25, 0.3) is 0 Å². The lowest BCUT2D eigenvalue weighted by Gasteiger charge is -2.06. The third-order valence-corrected chi connectivity index (χ3v) is 3.27. The van der Waals surface area contributed by atoms with Gasteiger partial charge in [-0.25, -0.2) is 10.2 Å². The summed E-state index contributed by atoms with van der Waals surface area (Å²) in [5.41, 5.74) is 3.30. The third-order valence-electron chi connectivity index (χ3n) is 3.27. The van der Waals surface area contributed by atoms with Crippen molar-refractivity contribution in [3.8, 4) is 17.2 Å². The van der Waals surface area contributed by atoms with Gasteiger partial charge in [-0.2, -0.15) is 5.10 Å². The maximum absolute atomic E-state index is 12.1. The molecule has 0 saturated heterocycles. The second kappa shape index (κ2) is 7.35. The van der Waals surface area contributed by atoms with Crippen LogP contribution in [0.15, 0.2) is 47.6 Å². The van der Waals surface area contributed by atoms with Crippen molar-refractivity contribution >= 4 is 18.1 Å². The highest BCUT2D eigenvalue weighted by Gasteiger charge is 2.15. The third kappa shape index (κ3) is 4.05. The second-order valence-electron chi connectivity index (χ2n) is 4.99. The zero-order valence-electron chi connectivity index (χ0n) is 13.0. The summed E-state index contributed by atoms with van der Waals surface area (Å²) in [4.78, 5) is 22.7. The first-order valence-corrected chi connectivity index (χ1v) is 7.30. The molecule has 0 bridgehead atoms. The summed E-state index contributed by atoms with van der Waals surface area (Å²) in [5, 5.41) is 12.5. The molecule has 0 spiro atoms. The Hall–Kier alpha value is -3.55. The van der Waals surface area contributed by atoms with Crippen molar-refractivity contribution in [1.82, 2.24) is 5.43 Å². The van der Waals surface area contributed by atoms with E-state index in [1.807, 2.05) is 0 Å². The van der Waals surface area contributed by atoms with Crippen LogP contribution in [-0.4, -0.2) is 36.6 Å². The molecular weight excluding hydrogens is 328 g/mol. The van der Waals surface area contributed by atoms with Crippen LogP contribution in [0.1, 0.15) is 15.9 Å². The topological polar surface area (TPSA) is 106 Å². The van der Waals surface area contributed by atoms with Gasteiger partial charge in [-0.15, -0.1) is 0 Å². The minimum Gasteiger partial charge on any atom is -0.481 e. The number of aliphatic carboxylic acids is 1. The monoisotopic (exact) mass is 342 g/mol. The molecule has 1 heterocycles. The second-order valence-corrected chi connectivity index (χ2v) is 4.99. The number of para-hydroxylation sites is 1. The van der Waals surface area contributed by atoms with Gasteiger partial charge in [-0.3, -0.25) is 4.79 Å². The molecule has 25 heavy (non-hydrogen) atoms. The summed E-state index contributed by atoms with van der Waals surface area (Å²) >= 11 is 0. The number of benzene rings is 2. The average Bonchev–Trinajstić information content (AvgIpc) is 3.08. The fraction of sp³-hybridized carbons (Fsp3) is 0.118. The number of carboxylic acid groups (broad SMARTS) is 1. The van der Waals surface area contributed by atoms with Crippen molar-refractivity contribution in [3.05, 3.63) is 53.6 Å². The smallest absolute Gasteiger partial charge is 0.341 e. The number of nitrogens with zero attached hydrogens (tertiary/aromatic N) is 1. The van der Waals surface area contributed by atoms with Crippen LogP contribution in [0.4, 0.5) is 0 Å². The molecule has 0 unspecified atom stereocenters. The highest BCUT2D eigenvalue weighted by molar-refractivity contribution is 5.95. The minimum atomic E-state index is -1.08. The maximum atomic E-state index is 12.1. The van der Waals surface area contributed by atoms with Crippen LogP contribution >= 0.6 is 0 Å². The van der Waals surface area contributed by atoms with Crippen LogP contribution in [0.5, 0.6) is 17.2 Å². The first-order valence-electron chi connectivity index (χ1n) is 7.30. The van der Waals surface area contributed by atoms with E-state index in [4.69, 9.17) is 19.3 Å². The number of ether oxygens (including phenoxy) is 3. The zero-order chi connectivity index (χ0) is 17.6. The lowest BCUT2D eigenvalue weighted by atomic mass is 10.2. The molecule has 2 N–H and O–H groups in total. The van der Waals surface area contributed by atoms with Crippen molar-refractivity contribution in [3.63, 3.8) is 0 Å². The molecule has 8 nitrogen and oxygen atoms in total. The molecule has 0 aliphatic carbocycles. The summed E-state index contributed by atoms with van der Waals surface area (Å²) in [6.07, 6.45) is 1.38. The largest absolute Gasteiger partial charge is 0.481 e. The van der Waals surface area contributed by atoms with Gasteiger partial charge in [0.05, 0.1) is 6.21 Å². The molecule has 1 amide bonds. The van der Waals surface area contributed by atoms with E-state index < -0.39 is 18.5 Å². The molecule has 1 aliphatic rings. The normalized spacial score (nSPS) is 12.2. The van der Waals surface area contributed by atoms with E-state index in [1.54, 1.807) is 42.5 Å². The lowest BCUT2D eigenvalue weighted by molar-refractivity contribution is -0.139. The lowest BCUT2D eigenvalue weighted by Crippen LogP contribution is -2.17. The molecule has 0 fully saturated rings. The fourth-order valence-corrected chi connectivity index (χ4v) is 2.12. The van der Waals surface area contributed by atoms with E-state index >= 15 is 0 Å². The van der Waals surface area contributed by atoms with Crippen molar-refractivity contribution in [2.24, 2.45) is 5.10 Å². The average molecular weight is 342 g/mol. The van der Waals surface area contributed by atoms with E-state index in [0.717, 1.165) is 0 Å². The van der Waals surface area contributed by atoms with Gasteiger partial charge in [0.25, 0.3) is 5.91 Å². The standard InChI is InChI=1S/C17H14N2O6/c20-16(21)9-23-13-4-2-1-3-12(13)8-18-19-17(22)11-5-6-14-15(7-11)25-10-24-14/h1-8H,9-10H2,(H,19,22)(H,20,21)/b18-8+. The van der Waals surface area contributed by atoms with Crippen LogP contribution in [0.3, 0.4) is 0 Å². The Morgan fingerprint density at radius 1 is 1.20 bits per heavy atom. The van der Waals surface area contributed by atoms with Gasteiger partial charge in [0.2, 0.25) is 6.79 Å². The van der Waals surface area contributed by atoms with Gasteiger partial charge in [-0.05, 0) is 30.3 Å². The highest BCUT2D eigenvalue weighted by atomic mass is 16.7. The van der Waals surface area contributed by atoms with Crippen LogP contribution < -0.4 is 19.6 Å². The number of nitrogens with one attached hydrogen (secondary N) is 1. The Labute approximate surface area is 142 Å². The Morgan fingerprint density at radius 2 is 2.00 bits per heavy atom. The maximum Gasteiger partial charge on any atom is 0.341 e. The van der Waals surface area contributed by atoms with Gasteiger partial charge < -0.3 is 19.3 Å². The predicted octanol–water partition coefficient (Wildman–Crippen LogP) is 1.64. The van der Waals surface area contributed by atoms with Crippen LogP contribution in [0.2, 0.25) is 0 Å². The Morgan fingerprint density at radius 3 is 2.84 bits per heavy atom. The number of carboxylic acids is 1. The number of hydrogen-bond acceptors (Lipinski definition) is 6. The number of carbonyl (C=O) groups is 2. The summed E-state index contributed by atoms with van der Waals surface area (Å²) in [7, 11) is 0. The van der Waals surface area contributed by atoms with Crippen molar-refractivity contribution < 1.29 is 28.9 Å². The molecule has 0 saturated carbocycles. The first-order chi connectivity index (χ1) is 12.1. The molecule has 2 aromatic rings. The highest BCUT2D eigenvalue weighted by Crippen LogP contribution is 2.32. The molecular formula is C17H14N2O6. The number of rotatable bonds is 6. The SMILES string of the molecule is O=C(O)COc1ccccc1/C=N/NC(=O)c1ccc2c(c1)OCO2. The van der Waals surface area contributed by atoms with E-state index in [-0.39, 0.29) is 6.79 Å². The van der Waals surface area contributed by atoms with Gasteiger partial charge in [0, 0.05) is 11.1 Å². The van der Waals surface area contributed by atoms with Gasteiger partial charge in [0.15, 0.2) is 18.1 Å². The Balaban J connectivity index is 1.65. The van der Waals surface area contributed by atoms with E-state index in [9.17, 15) is 9.59 Å². The quantitative estimate of drug-likeness (QED) is 0.611. The Bertz CT molecular complexity index is 834. The van der Waals surface area contributed by atoms with Crippen molar-refractivity contribution in [2.75, 3.05) is 13.4 Å². The molecule has 3 rings (SSSR count). The van der Waals surface area contributed by atoms with Gasteiger partial charge in [-0.1, -0.05) is 12.1 Å². The van der Waals surface area contributed by atoms with E-state index in [0.29, 0.717) is 28.4 Å². The summed E-state index contributed by atoms with van der Waals surface area (Å²) in [6, 6.07) is 11.6. The van der Waals surface area contributed by atoms with Crippen molar-refractivity contribution in [1.29, 1.82) is 0 Å². The summed E-state index contributed by atoms with van der Waals surface area (Å²) in [6.45, 7) is -0.333. The summed E-state index contributed by atoms with van der Waals surface area (Å²) < 4.78 is 15.6. The molecule has 0 radical (unpaired) electrons. The minimum absolute atomic E-state index is 0.131. The zero-order valence-corrected chi connectivity index (χ0v) is 13.0. The number of hydrogen-bond donors (Lipinski definition) is 2. The fourth-order valence-electron chi connectivity index (χ4n) is 2.12. The molecule has 2 aromatic carbocycles. The van der Waals surface area contributed by atoms with Crippen LogP contribution in [-0.2, 0) is 4.79 Å². The molecule has 128 valence electrons. The van der Waals surface area contributed by atoms with Gasteiger partial charge in [0.1, 0.15) is 5.75 Å². The van der Waals surface area contributed by atoms with E-state index in [2.05, 4.69) is 10.5 Å². The Kier molecular flexibility index (Phi) is 4.79. The number of amides is 1. The van der Waals surface area contributed by atoms with Crippen LogP contribution in [0, 0.1) is 0 Å².